The van der Waals surface area contributed by atoms with Crippen molar-refractivity contribution >= 4 is 35.0 Å². The number of amides is 2. The fraction of sp³-hybridized carbons (Fsp3) is 0.300. The maximum Gasteiger partial charge on any atom is 0.229 e. The van der Waals surface area contributed by atoms with Gasteiger partial charge in [0.2, 0.25) is 11.8 Å². The van der Waals surface area contributed by atoms with Crippen LogP contribution >= 0.6 is 11.8 Å². The molecule has 2 aromatic rings. The van der Waals surface area contributed by atoms with Gasteiger partial charge in [-0.15, -0.1) is 11.8 Å². The second-order valence-corrected chi connectivity index (χ2v) is 7.27. The Morgan fingerprint density at radius 3 is 2.48 bits per heavy atom. The van der Waals surface area contributed by atoms with E-state index < -0.39 is 0 Å². The monoisotopic (exact) mass is 354 g/mol. The molecule has 2 amide bonds. The number of benzene rings is 2. The van der Waals surface area contributed by atoms with Crippen LogP contribution in [0.2, 0.25) is 0 Å². The molecule has 0 saturated carbocycles. The molecule has 25 heavy (non-hydrogen) atoms. The highest BCUT2D eigenvalue weighted by Gasteiger charge is 2.35. The third-order valence-electron chi connectivity index (χ3n) is 4.65. The lowest BCUT2D eigenvalue weighted by molar-refractivity contribution is -0.122. The van der Waals surface area contributed by atoms with Gasteiger partial charge in [0.15, 0.2) is 0 Å². The Bertz CT molecular complexity index is 802. The molecular weight excluding hydrogens is 332 g/mol. The molecule has 1 unspecified atom stereocenters. The molecule has 1 heterocycles. The maximum absolute atomic E-state index is 12.5. The second kappa shape index (κ2) is 7.31. The van der Waals surface area contributed by atoms with Crippen LogP contribution in [0.5, 0.6) is 0 Å². The fourth-order valence-corrected chi connectivity index (χ4v) is 3.37. The van der Waals surface area contributed by atoms with Gasteiger partial charge in [-0.3, -0.25) is 9.59 Å². The van der Waals surface area contributed by atoms with Crippen LogP contribution < -0.4 is 10.2 Å². The standard InChI is InChI=1S/C20H22N2O2S/c1-13-4-5-16(10-14(13)2)21-20(24)15-11-19(23)22(12-15)17-6-8-18(25-3)9-7-17/h4-10,15H,11-12H2,1-3H3,(H,21,24). The van der Waals surface area contributed by atoms with Crippen molar-refractivity contribution in [3.8, 4) is 0 Å². The van der Waals surface area contributed by atoms with Crippen molar-refractivity contribution in [3.05, 3.63) is 53.6 Å². The van der Waals surface area contributed by atoms with Crippen molar-refractivity contribution in [2.24, 2.45) is 5.92 Å². The van der Waals surface area contributed by atoms with Gasteiger partial charge in [0.1, 0.15) is 0 Å². The summed E-state index contributed by atoms with van der Waals surface area (Å²) >= 11 is 1.66. The minimum atomic E-state index is -0.325. The van der Waals surface area contributed by atoms with E-state index in [1.54, 1.807) is 16.7 Å². The van der Waals surface area contributed by atoms with Gasteiger partial charge < -0.3 is 10.2 Å². The molecular formula is C20H22N2O2S. The summed E-state index contributed by atoms with van der Waals surface area (Å²) < 4.78 is 0. The summed E-state index contributed by atoms with van der Waals surface area (Å²) in [6, 6.07) is 13.7. The quantitative estimate of drug-likeness (QED) is 0.844. The normalized spacial score (nSPS) is 17.0. The van der Waals surface area contributed by atoms with E-state index in [1.165, 1.54) is 5.56 Å². The Kier molecular flexibility index (Phi) is 5.13. The summed E-state index contributed by atoms with van der Waals surface area (Å²) in [5, 5.41) is 2.94. The SMILES string of the molecule is CSc1ccc(N2CC(C(=O)Nc3ccc(C)c(C)c3)CC2=O)cc1. The predicted molar refractivity (Wildman–Crippen MR) is 103 cm³/mol. The van der Waals surface area contributed by atoms with Crippen LogP contribution in [-0.4, -0.2) is 24.6 Å². The van der Waals surface area contributed by atoms with Crippen molar-refractivity contribution in [3.63, 3.8) is 0 Å². The molecule has 1 N–H and O–H groups in total. The Labute approximate surface area is 152 Å². The van der Waals surface area contributed by atoms with Crippen LogP contribution in [0.15, 0.2) is 47.4 Å². The predicted octanol–water partition coefficient (Wildman–Crippen LogP) is 4.02. The largest absolute Gasteiger partial charge is 0.326 e. The molecule has 0 spiro atoms. The number of carbonyl (C=O) groups excluding carboxylic acids is 2. The van der Waals surface area contributed by atoms with Crippen LogP contribution in [0.25, 0.3) is 0 Å². The number of carbonyl (C=O) groups is 2. The Morgan fingerprint density at radius 1 is 1.12 bits per heavy atom. The first-order valence-electron chi connectivity index (χ1n) is 8.30. The molecule has 1 aliphatic rings. The zero-order chi connectivity index (χ0) is 18.0. The van der Waals surface area contributed by atoms with Crippen molar-refractivity contribution in [2.45, 2.75) is 25.2 Å². The molecule has 1 atom stereocenters. The zero-order valence-electron chi connectivity index (χ0n) is 14.7. The minimum Gasteiger partial charge on any atom is -0.326 e. The average Bonchev–Trinajstić information content (AvgIpc) is 3.00. The van der Waals surface area contributed by atoms with E-state index in [0.29, 0.717) is 6.54 Å². The molecule has 5 heteroatoms. The number of nitrogens with zero attached hydrogens (tertiary/aromatic N) is 1. The number of rotatable bonds is 4. The first kappa shape index (κ1) is 17.5. The topological polar surface area (TPSA) is 49.4 Å². The highest BCUT2D eigenvalue weighted by atomic mass is 32.2. The first-order chi connectivity index (χ1) is 12.0. The molecule has 1 saturated heterocycles. The minimum absolute atomic E-state index is 0.00265. The van der Waals surface area contributed by atoms with Gasteiger partial charge in [-0.25, -0.2) is 0 Å². The summed E-state index contributed by atoms with van der Waals surface area (Å²) in [7, 11) is 0. The molecule has 1 fully saturated rings. The number of nitrogens with one attached hydrogen (secondary N) is 1. The highest BCUT2D eigenvalue weighted by molar-refractivity contribution is 7.98. The molecule has 1 aliphatic heterocycles. The first-order valence-corrected chi connectivity index (χ1v) is 9.53. The van der Waals surface area contributed by atoms with E-state index in [9.17, 15) is 9.59 Å². The van der Waals surface area contributed by atoms with Crippen molar-refractivity contribution in [1.29, 1.82) is 0 Å². The zero-order valence-corrected chi connectivity index (χ0v) is 15.5. The molecule has 0 aromatic heterocycles. The molecule has 0 bridgehead atoms. The van der Waals surface area contributed by atoms with Gasteiger partial charge in [-0.05, 0) is 67.6 Å². The third-order valence-corrected chi connectivity index (χ3v) is 5.40. The number of thioether (sulfide) groups is 1. The Hall–Kier alpha value is -2.27. The molecule has 2 aromatic carbocycles. The van der Waals surface area contributed by atoms with E-state index in [0.717, 1.165) is 21.8 Å². The highest BCUT2D eigenvalue weighted by Crippen LogP contribution is 2.28. The van der Waals surface area contributed by atoms with E-state index >= 15 is 0 Å². The van der Waals surface area contributed by atoms with Gasteiger partial charge in [-0.2, -0.15) is 0 Å². The van der Waals surface area contributed by atoms with Crippen molar-refractivity contribution < 1.29 is 9.59 Å². The van der Waals surface area contributed by atoms with Gasteiger partial charge in [0.05, 0.1) is 5.92 Å². The van der Waals surface area contributed by atoms with E-state index in [4.69, 9.17) is 0 Å². The smallest absolute Gasteiger partial charge is 0.229 e. The average molecular weight is 354 g/mol. The molecule has 0 aliphatic carbocycles. The van der Waals surface area contributed by atoms with Gasteiger partial charge in [0.25, 0.3) is 0 Å². The lowest BCUT2D eigenvalue weighted by atomic mass is 10.1. The van der Waals surface area contributed by atoms with Crippen LogP contribution in [0, 0.1) is 19.8 Å². The van der Waals surface area contributed by atoms with Crippen molar-refractivity contribution in [1.82, 2.24) is 0 Å². The summed E-state index contributed by atoms with van der Waals surface area (Å²) in [4.78, 5) is 27.7. The Balaban J connectivity index is 1.68. The van der Waals surface area contributed by atoms with Crippen LogP contribution in [0.3, 0.4) is 0 Å². The van der Waals surface area contributed by atoms with Gasteiger partial charge in [0, 0.05) is 29.2 Å². The van der Waals surface area contributed by atoms with E-state index in [-0.39, 0.29) is 24.2 Å². The van der Waals surface area contributed by atoms with Crippen LogP contribution in [-0.2, 0) is 9.59 Å². The Morgan fingerprint density at radius 2 is 1.84 bits per heavy atom. The maximum atomic E-state index is 12.5. The molecule has 4 nitrogen and oxygen atoms in total. The number of anilines is 2. The van der Waals surface area contributed by atoms with Crippen molar-refractivity contribution in [2.75, 3.05) is 23.0 Å². The summed E-state index contributed by atoms with van der Waals surface area (Å²) in [5.74, 6) is -0.425. The fourth-order valence-electron chi connectivity index (χ4n) is 2.96. The van der Waals surface area contributed by atoms with Gasteiger partial charge >= 0.3 is 0 Å². The number of hydrogen-bond acceptors (Lipinski definition) is 3. The summed E-state index contributed by atoms with van der Waals surface area (Å²) in [5.41, 5.74) is 3.96. The summed E-state index contributed by atoms with van der Waals surface area (Å²) in [6.45, 7) is 4.48. The van der Waals surface area contributed by atoms with E-state index in [1.807, 2.05) is 62.6 Å². The summed E-state index contributed by atoms with van der Waals surface area (Å²) in [6.07, 6.45) is 2.27. The van der Waals surface area contributed by atoms with Crippen LogP contribution in [0.1, 0.15) is 17.5 Å². The molecule has 130 valence electrons. The number of aryl methyl sites for hydroxylation is 2. The third kappa shape index (κ3) is 3.87. The van der Waals surface area contributed by atoms with Gasteiger partial charge in [-0.1, -0.05) is 6.07 Å². The lowest BCUT2D eigenvalue weighted by Gasteiger charge is -2.17. The second-order valence-electron chi connectivity index (χ2n) is 6.39. The van der Waals surface area contributed by atoms with E-state index in [2.05, 4.69) is 5.32 Å². The van der Waals surface area contributed by atoms with Crippen LogP contribution in [0.4, 0.5) is 11.4 Å². The molecule has 0 radical (unpaired) electrons. The molecule has 3 rings (SSSR count). The number of hydrogen-bond donors (Lipinski definition) is 1. The lowest BCUT2D eigenvalue weighted by Crippen LogP contribution is -2.28.